The summed E-state index contributed by atoms with van der Waals surface area (Å²) in [7, 11) is 0. The molecule has 0 aromatic carbocycles. The Morgan fingerprint density at radius 3 is 2.13 bits per heavy atom. The van der Waals surface area contributed by atoms with Crippen LogP contribution in [0.2, 0.25) is 0 Å². The summed E-state index contributed by atoms with van der Waals surface area (Å²) >= 11 is 0. The van der Waals surface area contributed by atoms with E-state index in [1.54, 1.807) is 13.8 Å². The van der Waals surface area contributed by atoms with Gasteiger partial charge in [-0.2, -0.15) is 0 Å². The van der Waals surface area contributed by atoms with Gasteiger partial charge in [-0.3, -0.25) is 14.9 Å². The summed E-state index contributed by atoms with van der Waals surface area (Å²) in [5, 5.41) is 4.72. The third kappa shape index (κ3) is 6.44. The van der Waals surface area contributed by atoms with E-state index in [0.29, 0.717) is 0 Å². The molecule has 0 aromatic heterocycles. The summed E-state index contributed by atoms with van der Waals surface area (Å²) in [5.41, 5.74) is 9.74. The first-order valence-electron chi connectivity index (χ1n) is 4.47. The topological polar surface area (TPSA) is 127 Å². The number of imide groups is 1. The number of carbonyl (C=O) groups excluding carboxylic acids is 3. The van der Waals surface area contributed by atoms with Crippen LogP contribution in [0, 0.1) is 0 Å². The van der Waals surface area contributed by atoms with Gasteiger partial charge in [0.2, 0.25) is 11.8 Å². The minimum Gasteiger partial charge on any atom is -0.370 e. The number of amides is 4. The Bertz CT molecular complexity index is 267. The van der Waals surface area contributed by atoms with E-state index in [-0.39, 0.29) is 12.5 Å². The summed E-state index contributed by atoms with van der Waals surface area (Å²) in [6.45, 7) is 3.26. The Morgan fingerprint density at radius 1 is 1.20 bits per heavy atom. The van der Waals surface area contributed by atoms with Crippen LogP contribution in [0.25, 0.3) is 0 Å². The van der Waals surface area contributed by atoms with Crippen LogP contribution in [-0.4, -0.2) is 29.9 Å². The SMILES string of the molecule is CC(CC(N)=O)NC(C)C(=O)NC(N)=O. The van der Waals surface area contributed by atoms with E-state index < -0.39 is 23.9 Å². The van der Waals surface area contributed by atoms with Crippen molar-refractivity contribution in [3.05, 3.63) is 0 Å². The molecule has 0 saturated heterocycles. The van der Waals surface area contributed by atoms with Crippen molar-refractivity contribution in [2.75, 3.05) is 0 Å². The lowest BCUT2D eigenvalue weighted by atomic mass is 10.2. The average Bonchev–Trinajstić information content (AvgIpc) is 2.00. The van der Waals surface area contributed by atoms with Crippen molar-refractivity contribution in [2.45, 2.75) is 32.4 Å². The van der Waals surface area contributed by atoms with Gasteiger partial charge >= 0.3 is 6.03 Å². The molecular weight excluding hydrogens is 200 g/mol. The zero-order valence-electron chi connectivity index (χ0n) is 8.74. The predicted molar refractivity (Wildman–Crippen MR) is 53.6 cm³/mol. The Labute approximate surface area is 87.6 Å². The molecule has 0 saturated carbocycles. The first-order chi connectivity index (χ1) is 6.82. The van der Waals surface area contributed by atoms with Crippen molar-refractivity contribution in [3.8, 4) is 0 Å². The van der Waals surface area contributed by atoms with Crippen LogP contribution in [0.15, 0.2) is 0 Å². The Kier molecular flexibility index (Phi) is 5.32. The van der Waals surface area contributed by atoms with Crippen molar-refractivity contribution in [2.24, 2.45) is 11.5 Å². The lowest BCUT2D eigenvalue weighted by Crippen LogP contribution is -2.49. The molecule has 86 valence electrons. The van der Waals surface area contributed by atoms with Gasteiger partial charge in [0.1, 0.15) is 0 Å². The third-order valence-electron chi connectivity index (χ3n) is 1.68. The second kappa shape index (κ2) is 5.97. The molecule has 7 heteroatoms. The van der Waals surface area contributed by atoms with Crippen LogP contribution >= 0.6 is 0 Å². The number of nitrogens with two attached hydrogens (primary N) is 2. The van der Waals surface area contributed by atoms with Gasteiger partial charge in [-0.15, -0.1) is 0 Å². The van der Waals surface area contributed by atoms with Gasteiger partial charge in [-0.05, 0) is 13.8 Å². The maximum Gasteiger partial charge on any atom is 0.318 e. The monoisotopic (exact) mass is 216 g/mol. The molecule has 2 unspecified atom stereocenters. The molecule has 0 bridgehead atoms. The molecule has 0 rings (SSSR count). The fraction of sp³-hybridized carbons (Fsp3) is 0.625. The highest BCUT2D eigenvalue weighted by molar-refractivity contribution is 5.96. The molecule has 0 aliphatic carbocycles. The van der Waals surface area contributed by atoms with Crippen LogP contribution < -0.4 is 22.1 Å². The largest absolute Gasteiger partial charge is 0.370 e. The molecule has 0 aromatic rings. The van der Waals surface area contributed by atoms with Gasteiger partial charge in [0.25, 0.3) is 0 Å². The van der Waals surface area contributed by atoms with Crippen molar-refractivity contribution in [1.29, 1.82) is 0 Å². The number of rotatable bonds is 5. The van der Waals surface area contributed by atoms with Crippen LogP contribution in [0.4, 0.5) is 4.79 Å². The first-order valence-corrected chi connectivity index (χ1v) is 4.47. The zero-order valence-corrected chi connectivity index (χ0v) is 8.74. The maximum absolute atomic E-state index is 11.2. The van der Waals surface area contributed by atoms with Gasteiger partial charge in [-0.25, -0.2) is 4.79 Å². The van der Waals surface area contributed by atoms with Gasteiger partial charge in [0.15, 0.2) is 0 Å². The molecule has 0 spiro atoms. The lowest BCUT2D eigenvalue weighted by Gasteiger charge is -2.17. The molecule has 4 amide bonds. The van der Waals surface area contributed by atoms with Crippen molar-refractivity contribution < 1.29 is 14.4 Å². The maximum atomic E-state index is 11.2. The van der Waals surface area contributed by atoms with E-state index >= 15 is 0 Å². The standard InChI is InChI=1S/C8H16N4O3/c1-4(3-6(9)13)11-5(2)7(14)12-8(10)15/h4-5,11H,3H2,1-2H3,(H2,9,13)(H3,10,12,14,15). The lowest BCUT2D eigenvalue weighted by molar-refractivity contribution is -0.122. The van der Waals surface area contributed by atoms with Crippen LogP contribution in [0.3, 0.4) is 0 Å². The van der Waals surface area contributed by atoms with E-state index in [1.165, 1.54) is 0 Å². The Hall–Kier alpha value is -1.63. The van der Waals surface area contributed by atoms with Crippen LogP contribution in [-0.2, 0) is 9.59 Å². The molecule has 0 heterocycles. The fourth-order valence-corrected chi connectivity index (χ4v) is 1.09. The smallest absolute Gasteiger partial charge is 0.318 e. The summed E-state index contributed by atoms with van der Waals surface area (Å²) in [4.78, 5) is 32.1. The second-order valence-corrected chi connectivity index (χ2v) is 3.31. The molecule has 0 aliphatic heterocycles. The van der Waals surface area contributed by atoms with Gasteiger partial charge < -0.3 is 16.8 Å². The Balaban J connectivity index is 4.00. The number of hydrogen-bond acceptors (Lipinski definition) is 4. The quantitative estimate of drug-likeness (QED) is 0.442. The van der Waals surface area contributed by atoms with E-state index in [9.17, 15) is 14.4 Å². The molecule has 15 heavy (non-hydrogen) atoms. The van der Waals surface area contributed by atoms with Gasteiger partial charge in [-0.1, -0.05) is 0 Å². The van der Waals surface area contributed by atoms with Gasteiger partial charge in [0.05, 0.1) is 6.04 Å². The number of hydrogen-bond donors (Lipinski definition) is 4. The highest BCUT2D eigenvalue weighted by Gasteiger charge is 2.17. The average molecular weight is 216 g/mol. The number of primary amides is 2. The molecule has 0 fully saturated rings. The Morgan fingerprint density at radius 2 is 1.73 bits per heavy atom. The molecule has 0 aliphatic rings. The number of urea groups is 1. The molecule has 7 nitrogen and oxygen atoms in total. The summed E-state index contributed by atoms with van der Waals surface area (Å²) < 4.78 is 0. The normalized spacial score (nSPS) is 14.0. The number of nitrogens with one attached hydrogen (secondary N) is 2. The van der Waals surface area contributed by atoms with Crippen LogP contribution in [0.1, 0.15) is 20.3 Å². The summed E-state index contributed by atoms with van der Waals surface area (Å²) in [6.07, 6.45) is 0.119. The highest BCUT2D eigenvalue weighted by atomic mass is 16.2. The highest BCUT2D eigenvalue weighted by Crippen LogP contribution is 1.92. The summed E-state index contributed by atoms with van der Waals surface area (Å²) in [5.74, 6) is -1.00. The third-order valence-corrected chi connectivity index (χ3v) is 1.68. The predicted octanol–water partition coefficient (Wildman–Crippen LogP) is -1.58. The first kappa shape index (κ1) is 13.4. The number of carbonyl (C=O) groups is 3. The van der Waals surface area contributed by atoms with E-state index in [0.717, 1.165) is 0 Å². The minimum absolute atomic E-state index is 0.119. The van der Waals surface area contributed by atoms with Gasteiger partial charge in [0, 0.05) is 12.5 Å². The molecule has 6 N–H and O–H groups in total. The fourth-order valence-electron chi connectivity index (χ4n) is 1.09. The molecule has 2 atom stereocenters. The molecule has 0 radical (unpaired) electrons. The van der Waals surface area contributed by atoms with E-state index in [2.05, 4.69) is 5.32 Å². The van der Waals surface area contributed by atoms with E-state index in [1.807, 2.05) is 5.32 Å². The summed E-state index contributed by atoms with van der Waals surface area (Å²) in [6, 6.07) is -1.76. The second-order valence-electron chi connectivity index (χ2n) is 3.31. The van der Waals surface area contributed by atoms with Crippen molar-refractivity contribution in [1.82, 2.24) is 10.6 Å². The molecular formula is C8H16N4O3. The van der Waals surface area contributed by atoms with Crippen molar-refractivity contribution >= 4 is 17.8 Å². The zero-order chi connectivity index (χ0) is 12.0. The van der Waals surface area contributed by atoms with Crippen LogP contribution in [0.5, 0.6) is 0 Å². The van der Waals surface area contributed by atoms with E-state index in [4.69, 9.17) is 11.5 Å². The van der Waals surface area contributed by atoms with Crippen molar-refractivity contribution in [3.63, 3.8) is 0 Å². The minimum atomic E-state index is -0.906.